The van der Waals surface area contributed by atoms with Crippen molar-refractivity contribution in [2.45, 2.75) is 26.4 Å². The van der Waals surface area contributed by atoms with Crippen molar-refractivity contribution in [2.75, 3.05) is 6.54 Å². The van der Waals surface area contributed by atoms with Crippen molar-refractivity contribution >= 4 is 38.5 Å². The fraction of sp³-hybridized carbons (Fsp3) is 0.238. The number of alkyl halides is 3. The molecule has 0 N–H and O–H groups in total. The van der Waals surface area contributed by atoms with Gasteiger partial charge < -0.3 is 0 Å². The number of aliphatic imine (C=N–C) groups is 1. The molecule has 0 saturated heterocycles. The number of amidine groups is 1. The van der Waals surface area contributed by atoms with Crippen molar-refractivity contribution in [1.29, 1.82) is 0 Å². The largest absolute Gasteiger partial charge is 0.408 e. The molecule has 2 heterocycles. The van der Waals surface area contributed by atoms with Crippen LogP contribution in [0.3, 0.4) is 0 Å². The number of fused-ring (bicyclic) bond motifs is 5. The molecule has 0 unspecified atom stereocenters. The van der Waals surface area contributed by atoms with Crippen LogP contribution in [0.25, 0.3) is 15.7 Å². The molecule has 0 amide bonds. The fourth-order valence-electron chi connectivity index (χ4n) is 3.64. The summed E-state index contributed by atoms with van der Waals surface area (Å²) in [6.07, 6.45) is -2.46. The third kappa shape index (κ3) is 2.99. The number of nitrogens with zero attached hydrogens (tertiary/aromatic N) is 3. The van der Waals surface area contributed by atoms with Gasteiger partial charge in [0.05, 0.1) is 4.88 Å². The van der Waals surface area contributed by atoms with E-state index in [0.29, 0.717) is 17.7 Å². The molecule has 28 heavy (non-hydrogen) atoms. The van der Waals surface area contributed by atoms with Crippen LogP contribution in [0.2, 0.25) is 0 Å². The van der Waals surface area contributed by atoms with Gasteiger partial charge in [0.15, 0.2) is 5.84 Å². The number of hydrazone groups is 1. The van der Waals surface area contributed by atoms with E-state index in [1.807, 2.05) is 19.9 Å². The second-order valence-electron chi connectivity index (χ2n) is 6.99. The van der Waals surface area contributed by atoms with Crippen molar-refractivity contribution in [3.8, 4) is 0 Å². The average Bonchev–Trinajstić information content (AvgIpc) is 3.12. The average molecular weight is 401 g/mol. The summed E-state index contributed by atoms with van der Waals surface area (Å²) >= 11 is 1.56. The van der Waals surface area contributed by atoms with E-state index in [0.717, 1.165) is 42.2 Å². The number of hydrogen-bond acceptors (Lipinski definition) is 3. The molecule has 1 aliphatic heterocycles. The molecule has 0 bridgehead atoms. The highest BCUT2D eigenvalue weighted by atomic mass is 32.1. The first-order chi connectivity index (χ1) is 13.2. The highest BCUT2D eigenvalue weighted by Crippen LogP contribution is 2.42. The van der Waals surface area contributed by atoms with Gasteiger partial charge in [-0.05, 0) is 42.8 Å². The molecule has 0 fully saturated rings. The van der Waals surface area contributed by atoms with Crippen LogP contribution in [0.4, 0.5) is 13.2 Å². The molecule has 1 aliphatic carbocycles. The highest BCUT2D eigenvalue weighted by molar-refractivity contribution is 7.21. The summed E-state index contributed by atoms with van der Waals surface area (Å²) in [5, 5.41) is 6.38. The molecule has 2 aromatic rings. The maximum Gasteiger partial charge on any atom is 0.408 e. The Morgan fingerprint density at radius 2 is 2.14 bits per heavy atom. The molecule has 0 radical (unpaired) electrons. The summed E-state index contributed by atoms with van der Waals surface area (Å²) in [7, 11) is 0. The number of halogens is 3. The summed E-state index contributed by atoms with van der Waals surface area (Å²) in [4.78, 5) is 5.03. The van der Waals surface area contributed by atoms with Crippen molar-refractivity contribution in [3.63, 3.8) is 0 Å². The summed E-state index contributed by atoms with van der Waals surface area (Å²) in [6.45, 7) is 10.2. The zero-order valence-electron chi connectivity index (χ0n) is 15.5. The minimum absolute atomic E-state index is 0.213. The van der Waals surface area contributed by atoms with E-state index in [1.54, 1.807) is 11.3 Å². The number of benzene rings is 1. The van der Waals surface area contributed by atoms with Crippen LogP contribution in [0.5, 0.6) is 0 Å². The molecule has 4 rings (SSSR count). The first kappa shape index (κ1) is 18.7. The van der Waals surface area contributed by atoms with E-state index < -0.39 is 12.7 Å². The second kappa shape index (κ2) is 6.44. The number of thiophene rings is 1. The fourth-order valence-corrected chi connectivity index (χ4v) is 4.89. The van der Waals surface area contributed by atoms with Gasteiger partial charge in [0.2, 0.25) is 0 Å². The van der Waals surface area contributed by atoms with Crippen LogP contribution in [0.15, 0.2) is 58.8 Å². The molecule has 144 valence electrons. The molecule has 0 spiro atoms. The SMILES string of the molecule is C=C/N=C1\C2=C(C)Cc3c(sc4cc(C(=C)C)ccc34)C2=NN1CC(F)(F)F. The molecule has 1 aromatic carbocycles. The number of allylic oxidation sites excluding steroid dienone is 2. The lowest BCUT2D eigenvalue weighted by Crippen LogP contribution is -2.33. The van der Waals surface area contributed by atoms with Crippen LogP contribution in [0.1, 0.15) is 29.9 Å². The van der Waals surface area contributed by atoms with Gasteiger partial charge in [0.25, 0.3) is 0 Å². The Hall–Kier alpha value is -2.67. The maximum atomic E-state index is 13.1. The van der Waals surface area contributed by atoms with Crippen LogP contribution >= 0.6 is 11.3 Å². The van der Waals surface area contributed by atoms with E-state index >= 15 is 0 Å². The smallest absolute Gasteiger partial charge is 0.237 e. The Labute approximate surface area is 164 Å². The molecule has 0 atom stereocenters. The molecule has 0 saturated carbocycles. The summed E-state index contributed by atoms with van der Waals surface area (Å²) < 4.78 is 40.3. The quantitative estimate of drug-likeness (QED) is 0.626. The van der Waals surface area contributed by atoms with E-state index in [4.69, 9.17) is 0 Å². The Kier molecular flexibility index (Phi) is 4.30. The monoisotopic (exact) mass is 401 g/mol. The van der Waals surface area contributed by atoms with Crippen LogP contribution < -0.4 is 0 Å². The summed E-state index contributed by atoms with van der Waals surface area (Å²) in [5.74, 6) is 0.213. The Balaban J connectivity index is 1.90. The van der Waals surface area contributed by atoms with Crippen LogP contribution in [0, 0.1) is 0 Å². The van der Waals surface area contributed by atoms with E-state index in [9.17, 15) is 13.2 Å². The lowest BCUT2D eigenvalue weighted by atomic mass is 9.88. The molecule has 7 heteroatoms. The highest BCUT2D eigenvalue weighted by Gasteiger charge is 2.41. The van der Waals surface area contributed by atoms with Crippen molar-refractivity contribution < 1.29 is 13.2 Å². The van der Waals surface area contributed by atoms with Gasteiger partial charge in [-0.15, -0.1) is 11.3 Å². The minimum atomic E-state index is -4.38. The molecular formula is C21H18F3N3S. The Bertz CT molecular complexity index is 1120. The zero-order valence-corrected chi connectivity index (χ0v) is 16.3. The van der Waals surface area contributed by atoms with Crippen LogP contribution in [-0.4, -0.2) is 29.3 Å². The van der Waals surface area contributed by atoms with Crippen molar-refractivity contribution in [3.05, 3.63) is 64.7 Å². The summed E-state index contributed by atoms with van der Waals surface area (Å²) in [6, 6.07) is 6.18. The maximum absolute atomic E-state index is 13.1. The zero-order chi connectivity index (χ0) is 20.2. The lowest BCUT2D eigenvalue weighted by molar-refractivity contribution is -0.137. The third-order valence-corrected chi connectivity index (χ3v) is 6.04. The van der Waals surface area contributed by atoms with Gasteiger partial charge in [-0.2, -0.15) is 18.3 Å². The van der Waals surface area contributed by atoms with Gasteiger partial charge in [0, 0.05) is 16.5 Å². The van der Waals surface area contributed by atoms with Crippen LogP contribution in [-0.2, 0) is 6.42 Å². The predicted octanol–water partition coefficient (Wildman–Crippen LogP) is 5.93. The molecule has 1 aromatic heterocycles. The van der Waals surface area contributed by atoms with Gasteiger partial charge >= 0.3 is 6.18 Å². The van der Waals surface area contributed by atoms with Gasteiger partial charge in [-0.3, -0.25) is 0 Å². The van der Waals surface area contributed by atoms with Gasteiger partial charge in [-0.25, -0.2) is 10.0 Å². The third-order valence-electron chi connectivity index (χ3n) is 4.84. The van der Waals surface area contributed by atoms with E-state index in [1.165, 1.54) is 6.20 Å². The lowest BCUT2D eigenvalue weighted by Gasteiger charge is -2.19. The molecular weight excluding hydrogens is 383 g/mol. The van der Waals surface area contributed by atoms with Gasteiger partial charge in [-0.1, -0.05) is 36.4 Å². The first-order valence-corrected chi connectivity index (χ1v) is 9.55. The topological polar surface area (TPSA) is 28.0 Å². The van der Waals surface area contributed by atoms with Gasteiger partial charge in [0.1, 0.15) is 12.3 Å². The predicted molar refractivity (Wildman–Crippen MR) is 110 cm³/mol. The Morgan fingerprint density at radius 1 is 1.39 bits per heavy atom. The second-order valence-corrected chi connectivity index (χ2v) is 8.04. The van der Waals surface area contributed by atoms with Crippen molar-refractivity contribution in [2.24, 2.45) is 10.1 Å². The van der Waals surface area contributed by atoms with Crippen molar-refractivity contribution in [1.82, 2.24) is 5.01 Å². The number of rotatable bonds is 3. The first-order valence-electron chi connectivity index (χ1n) is 8.73. The van der Waals surface area contributed by atoms with E-state index in [2.05, 4.69) is 35.4 Å². The Morgan fingerprint density at radius 3 is 2.79 bits per heavy atom. The molecule has 3 nitrogen and oxygen atoms in total. The molecule has 2 aliphatic rings. The van der Waals surface area contributed by atoms with E-state index in [-0.39, 0.29) is 5.84 Å². The number of hydrogen-bond donors (Lipinski definition) is 0. The normalized spacial score (nSPS) is 17.8. The minimum Gasteiger partial charge on any atom is -0.237 e. The standard InChI is InChI=1S/C21H18F3N3S/c1-5-25-20-17-12(4)8-15-14-7-6-13(11(2)3)9-16(14)28-19(15)18(17)26-27(20)10-21(22,23)24/h5-7,9H,1-2,8,10H2,3-4H3/b25-20+. The summed E-state index contributed by atoms with van der Waals surface area (Å²) in [5.41, 5.74) is 5.35.